The maximum Gasteiger partial charge on any atom is 0.167 e. The average molecular weight is 238 g/mol. The van der Waals surface area contributed by atoms with E-state index in [4.69, 9.17) is 18.0 Å². The van der Waals surface area contributed by atoms with Gasteiger partial charge in [-0.25, -0.2) is 4.98 Å². The minimum absolute atomic E-state index is 0.381. The molecule has 0 bridgehead atoms. The predicted molar refractivity (Wildman–Crippen MR) is 68.4 cm³/mol. The van der Waals surface area contributed by atoms with Gasteiger partial charge in [0, 0.05) is 18.9 Å². The molecule has 0 amide bonds. The van der Waals surface area contributed by atoms with Crippen LogP contribution in [0.15, 0.2) is 12.4 Å². The molecule has 2 heterocycles. The van der Waals surface area contributed by atoms with Crippen LogP contribution in [0.1, 0.15) is 25.1 Å². The van der Waals surface area contributed by atoms with Crippen molar-refractivity contribution in [2.24, 2.45) is 5.73 Å². The van der Waals surface area contributed by atoms with Crippen LogP contribution in [0.25, 0.3) is 0 Å². The molecule has 1 aliphatic rings. The van der Waals surface area contributed by atoms with Crippen molar-refractivity contribution in [1.82, 2.24) is 14.5 Å². The zero-order valence-electron chi connectivity index (χ0n) is 9.43. The number of rotatable bonds is 5. The summed E-state index contributed by atoms with van der Waals surface area (Å²) in [7, 11) is 0. The Bertz CT molecular complexity index is 355. The van der Waals surface area contributed by atoms with Crippen molar-refractivity contribution in [2.75, 3.05) is 19.6 Å². The van der Waals surface area contributed by atoms with Crippen LogP contribution in [-0.4, -0.2) is 39.1 Å². The molecule has 0 aliphatic carbocycles. The van der Waals surface area contributed by atoms with Crippen molar-refractivity contribution in [3.63, 3.8) is 0 Å². The van der Waals surface area contributed by atoms with Crippen molar-refractivity contribution < 1.29 is 0 Å². The lowest BCUT2D eigenvalue weighted by molar-refractivity contribution is 0.325. The van der Waals surface area contributed by atoms with Gasteiger partial charge in [-0.05, 0) is 38.9 Å². The summed E-state index contributed by atoms with van der Waals surface area (Å²) >= 11 is 4.94. The van der Waals surface area contributed by atoms with Crippen molar-refractivity contribution in [2.45, 2.75) is 25.8 Å². The number of imidazole rings is 1. The Kier molecular flexibility index (Phi) is 3.90. The highest BCUT2D eigenvalue weighted by Gasteiger charge is 2.11. The molecule has 16 heavy (non-hydrogen) atoms. The number of nitrogens with zero attached hydrogens (tertiary/aromatic N) is 3. The van der Waals surface area contributed by atoms with E-state index in [-0.39, 0.29) is 0 Å². The monoisotopic (exact) mass is 238 g/mol. The largest absolute Gasteiger partial charge is 0.387 e. The smallest absolute Gasteiger partial charge is 0.167 e. The van der Waals surface area contributed by atoms with Crippen LogP contribution in [0, 0.1) is 0 Å². The molecule has 88 valence electrons. The Balaban J connectivity index is 1.80. The van der Waals surface area contributed by atoms with Crippen LogP contribution in [0.4, 0.5) is 0 Å². The van der Waals surface area contributed by atoms with Gasteiger partial charge in [-0.1, -0.05) is 12.2 Å². The molecule has 1 aliphatic heterocycles. The molecule has 0 radical (unpaired) electrons. The summed E-state index contributed by atoms with van der Waals surface area (Å²) in [5.41, 5.74) is 5.59. The third kappa shape index (κ3) is 2.80. The molecule has 1 aromatic rings. The molecule has 0 aromatic carbocycles. The Morgan fingerprint density at radius 2 is 2.12 bits per heavy atom. The first-order valence-corrected chi connectivity index (χ1v) is 6.21. The molecule has 2 rings (SSSR count). The molecule has 0 spiro atoms. The van der Waals surface area contributed by atoms with Gasteiger partial charge in [-0.3, -0.25) is 0 Å². The zero-order chi connectivity index (χ0) is 11.4. The topological polar surface area (TPSA) is 47.1 Å². The molecule has 1 saturated heterocycles. The lowest BCUT2D eigenvalue weighted by Gasteiger charge is -2.14. The molecule has 2 N–H and O–H groups in total. The van der Waals surface area contributed by atoms with E-state index in [0.29, 0.717) is 4.99 Å². The van der Waals surface area contributed by atoms with E-state index >= 15 is 0 Å². The second-order valence-electron chi connectivity index (χ2n) is 4.21. The minimum atomic E-state index is 0.381. The highest BCUT2D eigenvalue weighted by molar-refractivity contribution is 7.80. The summed E-state index contributed by atoms with van der Waals surface area (Å²) < 4.78 is 2.04. The Morgan fingerprint density at radius 1 is 1.38 bits per heavy atom. The maximum absolute atomic E-state index is 5.59. The lowest BCUT2D eigenvalue weighted by atomic mass is 10.4. The minimum Gasteiger partial charge on any atom is -0.387 e. The summed E-state index contributed by atoms with van der Waals surface area (Å²) in [6, 6.07) is 0. The second-order valence-corrected chi connectivity index (χ2v) is 4.65. The van der Waals surface area contributed by atoms with E-state index < -0.39 is 0 Å². The maximum atomic E-state index is 5.59. The van der Waals surface area contributed by atoms with Crippen LogP contribution < -0.4 is 5.73 Å². The van der Waals surface area contributed by atoms with Gasteiger partial charge in [0.25, 0.3) is 0 Å². The lowest BCUT2D eigenvalue weighted by Crippen LogP contribution is -2.23. The van der Waals surface area contributed by atoms with Crippen LogP contribution >= 0.6 is 12.2 Å². The highest BCUT2D eigenvalue weighted by Crippen LogP contribution is 2.08. The number of thiocarbonyl (C=S) groups is 1. The van der Waals surface area contributed by atoms with E-state index in [1.807, 2.05) is 10.8 Å². The van der Waals surface area contributed by atoms with Crippen molar-refractivity contribution in [3.05, 3.63) is 18.2 Å². The van der Waals surface area contributed by atoms with E-state index in [0.717, 1.165) is 25.3 Å². The third-order valence-corrected chi connectivity index (χ3v) is 3.19. The fourth-order valence-corrected chi connectivity index (χ4v) is 2.36. The van der Waals surface area contributed by atoms with Gasteiger partial charge in [-0.15, -0.1) is 0 Å². The fourth-order valence-electron chi connectivity index (χ4n) is 2.19. The van der Waals surface area contributed by atoms with Gasteiger partial charge in [0.15, 0.2) is 5.82 Å². The molecule has 1 aromatic heterocycles. The van der Waals surface area contributed by atoms with Gasteiger partial charge < -0.3 is 15.2 Å². The number of nitrogens with two attached hydrogens (primary N) is 1. The first kappa shape index (κ1) is 11.5. The predicted octanol–water partition coefficient (Wildman–Crippen LogP) is 1.00. The highest BCUT2D eigenvalue weighted by atomic mass is 32.1. The summed E-state index contributed by atoms with van der Waals surface area (Å²) in [5, 5.41) is 0. The van der Waals surface area contributed by atoms with Gasteiger partial charge in [0.2, 0.25) is 0 Å². The van der Waals surface area contributed by atoms with E-state index in [2.05, 4.69) is 9.88 Å². The zero-order valence-corrected chi connectivity index (χ0v) is 10.2. The van der Waals surface area contributed by atoms with Crippen molar-refractivity contribution in [3.8, 4) is 0 Å². The van der Waals surface area contributed by atoms with Gasteiger partial charge in [0.05, 0.1) is 0 Å². The molecule has 0 atom stereocenters. The van der Waals surface area contributed by atoms with Gasteiger partial charge >= 0.3 is 0 Å². The SMILES string of the molecule is NC(=S)c1nccn1CCCN1CCCC1. The normalized spacial score (nSPS) is 16.8. The molecule has 1 fully saturated rings. The first-order chi connectivity index (χ1) is 7.77. The van der Waals surface area contributed by atoms with Crippen LogP contribution in [-0.2, 0) is 6.54 Å². The fraction of sp³-hybridized carbons (Fsp3) is 0.636. The quantitative estimate of drug-likeness (QED) is 0.778. The molecule has 4 nitrogen and oxygen atoms in total. The molecule has 0 unspecified atom stereocenters. The van der Waals surface area contributed by atoms with Gasteiger partial charge in [0.1, 0.15) is 4.99 Å². The summed E-state index contributed by atoms with van der Waals surface area (Å²) in [6.45, 7) is 4.62. The van der Waals surface area contributed by atoms with Gasteiger partial charge in [-0.2, -0.15) is 0 Å². The summed E-state index contributed by atoms with van der Waals surface area (Å²) in [5.74, 6) is 0.733. The van der Waals surface area contributed by atoms with Crippen LogP contribution in [0.3, 0.4) is 0 Å². The summed E-state index contributed by atoms with van der Waals surface area (Å²) in [6.07, 6.45) is 7.53. The van der Waals surface area contributed by atoms with E-state index in [1.165, 1.54) is 25.9 Å². The standard InChI is InChI=1S/C11H18N4S/c12-10(16)11-13-4-9-15(11)8-3-7-14-5-1-2-6-14/h4,9H,1-3,5-8H2,(H2,12,16). The number of hydrogen-bond donors (Lipinski definition) is 1. The summed E-state index contributed by atoms with van der Waals surface area (Å²) in [4.78, 5) is 7.04. The molecule has 0 saturated carbocycles. The van der Waals surface area contributed by atoms with Crippen LogP contribution in [0.2, 0.25) is 0 Å². The number of hydrogen-bond acceptors (Lipinski definition) is 3. The second kappa shape index (κ2) is 5.41. The number of aryl methyl sites for hydroxylation is 1. The first-order valence-electron chi connectivity index (χ1n) is 5.80. The Labute approximate surface area is 101 Å². The third-order valence-electron chi connectivity index (χ3n) is 3.01. The Morgan fingerprint density at radius 3 is 2.81 bits per heavy atom. The average Bonchev–Trinajstić information content (AvgIpc) is 2.87. The van der Waals surface area contributed by atoms with Crippen molar-refractivity contribution >= 4 is 17.2 Å². The Hall–Kier alpha value is -0.940. The van der Waals surface area contributed by atoms with Crippen molar-refractivity contribution in [1.29, 1.82) is 0 Å². The molecule has 5 heteroatoms. The van der Waals surface area contributed by atoms with E-state index in [9.17, 15) is 0 Å². The number of likely N-dealkylation sites (tertiary alicyclic amines) is 1. The molecular weight excluding hydrogens is 220 g/mol. The number of aromatic nitrogens is 2. The molecular formula is C11H18N4S. The van der Waals surface area contributed by atoms with Crippen LogP contribution in [0.5, 0.6) is 0 Å². The van der Waals surface area contributed by atoms with E-state index in [1.54, 1.807) is 6.20 Å².